The summed E-state index contributed by atoms with van der Waals surface area (Å²) in [6.07, 6.45) is -2.07. The van der Waals surface area contributed by atoms with E-state index in [1.54, 1.807) is 30.3 Å². The van der Waals surface area contributed by atoms with Crippen LogP contribution in [-0.4, -0.2) is 46.0 Å². The summed E-state index contributed by atoms with van der Waals surface area (Å²) in [4.78, 5) is 12.7. The van der Waals surface area contributed by atoms with E-state index in [0.29, 0.717) is 22.6 Å². The minimum absolute atomic E-state index is 0.0111. The Balaban J connectivity index is 1.46. The number of hydrogen-bond donors (Lipinski definition) is 4. The van der Waals surface area contributed by atoms with Crippen molar-refractivity contribution in [2.24, 2.45) is 0 Å². The topological polar surface area (TPSA) is 135 Å². The maximum atomic E-state index is 12.7. The van der Waals surface area contributed by atoms with E-state index in [2.05, 4.69) is 0 Å². The number of ether oxygens (including phenoxy) is 4. The molecule has 176 valence electrons. The second-order valence-electron chi connectivity index (χ2n) is 8.09. The van der Waals surface area contributed by atoms with Crippen molar-refractivity contribution in [3.8, 4) is 40.2 Å². The molecular weight excluding hydrogens is 444 g/mol. The van der Waals surface area contributed by atoms with Gasteiger partial charge in [0.15, 0.2) is 41.0 Å². The molecule has 9 heteroatoms. The van der Waals surface area contributed by atoms with Gasteiger partial charge < -0.3 is 39.4 Å². The van der Waals surface area contributed by atoms with Crippen LogP contribution in [-0.2, 0) is 0 Å². The van der Waals surface area contributed by atoms with Gasteiger partial charge in [0.05, 0.1) is 20.1 Å². The molecule has 2 unspecified atom stereocenters. The van der Waals surface area contributed by atoms with Crippen molar-refractivity contribution < 1.29 is 44.2 Å². The second-order valence-corrected chi connectivity index (χ2v) is 8.09. The number of Topliss-reactive ketones (excluding diaryl/α,β-unsaturated/α-hetero) is 1. The molecule has 0 saturated carbocycles. The molecule has 3 aromatic carbocycles. The average Bonchev–Trinajstić information content (AvgIpc) is 2.82. The third kappa shape index (κ3) is 3.69. The minimum atomic E-state index is -0.696. The Morgan fingerprint density at radius 2 is 1.68 bits per heavy atom. The van der Waals surface area contributed by atoms with Crippen molar-refractivity contribution in [3.05, 3.63) is 65.2 Å². The molecule has 3 aromatic rings. The Morgan fingerprint density at radius 3 is 2.44 bits per heavy atom. The molecule has 5 rings (SSSR count). The number of carbonyl (C=O) groups is 1. The van der Waals surface area contributed by atoms with Crippen LogP contribution < -0.4 is 18.9 Å². The second kappa shape index (κ2) is 8.35. The smallest absolute Gasteiger partial charge is 0.174 e. The van der Waals surface area contributed by atoms with Crippen LogP contribution in [0.15, 0.2) is 48.5 Å². The number of rotatable bonds is 4. The summed E-state index contributed by atoms with van der Waals surface area (Å²) < 4.78 is 23.2. The van der Waals surface area contributed by atoms with Crippen LogP contribution in [0.4, 0.5) is 0 Å². The number of carbonyl (C=O) groups excluding carboxylic acids is 1. The number of phenolic OH excluding ortho intramolecular Hbond substituents is 3. The number of benzene rings is 3. The van der Waals surface area contributed by atoms with Crippen molar-refractivity contribution in [2.45, 2.75) is 24.7 Å². The van der Waals surface area contributed by atoms with Crippen LogP contribution >= 0.6 is 0 Å². The fraction of sp³-hybridized carbons (Fsp3) is 0.240. The summed E-state index contributed by atoms with van der Waals surface area (Å²) >= 11 is 0. The van der Waals surface area contributed by atoms with Crippen LogP contribution in [0.25, 0.3) is 0 Å². The standard InChI is InChI=1S/C25H22O9/c1-31-20-7-13(2-4-15(20)28)25-23(11-26)32-18-5-3-12(6-21(18)34-25)19-10-17(30)24-16(29)8-14(27)9-22(24)33-19/h2-9,19,23,25-29H,10-11H2,1H3/t19-,23?,25?/m0/s1. The Morgan fingerprint density at radius 1 is 0.882 bits per heavy atom. The number of hydrogen-bond acceptors (Lipinski definition) is 9. The van der Waals surface area contributed by atoms with Crippen LogP contribution in [0.1, 0.15) is 40.1 Å². The number of phenols is 3. The Labute approximate surface area is 194 Å². The highest BCUT2D eigenvalue weighted by Crippen LogP contribution is 2.45. The van der Waals surface area contributed by atoms with Crippen LogP contribution in [0.3, 0.4) is 0 Å². The molecule has 3 atom stereocenters. The first-order valence-corrected chi connectivity index (χ1v) is 10.6. The third-order valence-electron chi connectivity index (χ3n) is 5.91. The largest absolute Gasteiger partial charge is 0.508 e. The van der Waals surface area contributed by atoms with Crippen LogP contribution in [0, 0.1) is 0 Å². The third-order valence-corrected chi connectivity index (χ3v) is 5.91. The van der Waals surface area contributed by atoms with E-state index in [9.17, 15) is 25.2 Å². The number of methoxy groups -OCH3 is 1. The summed E-state index contributed by atoms with van der Waals surface area (Å²) in [5, 5.41) is 39.6. The first kappa shape index (κ1) is 21.7. The molecule has 34 heavy (non-hydrogen) atoms. The molecule has 9 nitrogen and oxygen atoms in total. The van der Waals surface area contributed by atoms with Crippen LogP contribution in [0.2, 0.25) is 0 Å². The van der Waals surface area contributed by atoms with Gasteiger partial charge in [0.25, 0.3) is 0 Å². The van der Waals surface area contributed by atoms with E-state index in [1.807, 2.05) is 0 Å². The summed E-state index contributed by atoms with van der Waals surface area (Å²) in [5.41, 5.74) is 1.31. The van der Waals surface area contributed by atoms with Crippen molar-refractivity contribution in [3.63, 3.8) is 0 Å². The molecule has 0 bridgehead atoms. The van der Waals surface area contributed by atoms with Crippen molar-refractivity contribution >= 4 is 5.78 Å². The maximum Gasteiger partial charge on any atom is 0.174 e. The van der Waals surface area contributed by atoms with E-state index >= 15 is 0 Å². The predicted octanol–water partition coefficient (Wildman–Crippen LogP) is 3.39. The van der Waals surface area contributed by atoms with Gasteiger partial charge in [-0.2, -0.15) is 0 Å². The van der Waals surface area contributed by atoms with Crippen molar-refractivity contribution in [2.75, 3.05) is 13.7 Å². The Kier molecular flexibility index (Phi) is 5.33. The lowest BCUT2D eigenvalue weighted by Gasteiger charge is -2.34. The first-order valence-electron chi connectivity index (χ1n) is 10.6. The summed E-state index contributed by atoms with van der Waals surface area (Å²) in [7, 11) is 1.44. The van der Waals surface area contributed by atoms with Crippen molar-refractivity contribution in [1.29, 1.82) is 0 Å². The number of ketones is 1. The average molecular weight is 466 g/mol. The molecule has 0 aliphatic carbocycles. The van der Waals surface area contributed by atoms with Crippen molar-refractivity contribution in [1.82, 2.24) is 0 Å². The van der Waals surface area contributed by atoms with E-state index in [0.717, 1.165) is 6.07 Å². The summed E-state index contributed by atoms with van der Waals surface area (Å²) in [5.74, 6) is 0.287. The summed E-state index contributed by atoms with van der Waals surface area (Å²) in [6, 6.07) is 12.2. The van der Waals surface area contributed by atoms with Gasteiger partial charge in [-0.3, -0.25) is 4.79 Å². The molecule has 0 saturated heterocycles. The Bertz CT molecular complexity index is 1270. The molecule has 2 aliphatic heterocycles. The minimum Gasteiger partial charge on any atom is -0.508 e. The molecule has 0 radical (unpaired) electrons. The van der Waals surface area contributed by atoms with Gasteiger partial charge in [-0.1, -0.05) is 12.1 Å². The monoisotopic (exact) mass is 466 g/mol. The lowest BCUT2D eigenvalue weighted by atomic mass is 9.95. The SMILES string of the molecule is COc1cc(C2Oc3cc([C@@H]4CC(=O)c5c(O)cc(O)cc5O4)ccc3OC2CO)ccc1O. The normalized spacial score (nSPS) is 20.9. The highest BCUT2D eigenvalue weighted by molar-refractivity contribution is 6.02. The van der Waals surface area contributed by atoms with Gasteiger partial charge in [0.2, 0.25) is 0 Å². The molecule has 0 aromatic heterocycles. The zero-order chi connectivity index (χ0) is 24.0. The molecule has 0 fully saturated rings. The molecule has 4 N–H and O–H groups in total. The predicted molar refractivity (Wildman–Crippen MR) is 118 cm³/mol. The van der Waals surface area contributed by atoms with E-state index in [4.69, 9.17) is 18.9 Å². The number of aromatic hydroxyl groups is 3. The highest BCUT2D eigenvalue weighted by Gasteiger charge is 2.35. The van der Waals surface area contributed by atoms with Gasteiger partial charge >= 0.3 is 0 Å². The van der Waals surface area contributed by atoms with E-state index in [1.165, 1.54) is 19.2 Å². The molecule has 2 aliphatic rings. The zero-order valence-electron chi connectivity index (χ0n) is 18.1. The Hall–Kier alpha value is -4.11. The van der Waals surface area contributed by atoms with Gasteiger partial charge in [-0.05, 0) is 29.8 Å². The zero-order valence-corrected chi connectivity index (χ0v) is 18.1. The molecule has 0 amide bonds. The number of aliphatic hydroxyl groups is 1. The van der Waals surface area contributed by atoms with Gasteiger partial charge in [0, 0.05) is 17.7 Å². The lowest BCUT2D eigenvalue weighted by molar-refractivity contribution is -0.0126. The fourth-order valence-corrected chi connectivity index (χ4v) is 4.25. The molecule has 0 spiro atoms. The number of aliphatic hydroxyl groups excluding tert-OH is 1. The quantitative estimate of drug-likeness (QED) is 0.456. The molecular formula is C25H22O9. The number of fused-ring (bicyclic) bond motifs is 2. The van der Waals surface area contributed by atoms with E-state index < -0.39 is 18.3 Å². The summed E-state index contributed by atoms with van der Waals surface area (Å²) in [6.45, 7) is -0.306. The van der Waals surface area contributed by atoms with Crippen LogP contribution in [0.5, 0.6) is 40.2 Å². The van der Waals surface area contributed by atoms with Gasteiger partial charge in [-0.15, -0.1) is 0 Å². The fourth-order valence-electron chi connectivity index (χ4n) is 4.25. The molecule has 2 heterocycles. The highest BCUT2D eigenvalue weighted by atomic mass is 16.6. The first-order chi connectivity index (χ1) is 16.4. The lowest BCUT2D eigenvalue weighted by Crippen LogP contribution is -2.36. The van der Waals surface area contributed by atoms with Gasteiger partial charge in [0.1, 0.15) is 28.9 Å². The maximum absolute atomic E-state index is 12.7. The van der Waals surface area contributed by atoms with E-state index in [-0.39, 0.29) is 53.1 Å². The van der Waals surface area contributed by atoms with Gasteiger partial charge in [-0.25, -0.2) is 0 Å².